The van der Waals surface area contributed by atoms with Crippen LogP contribution in [-0.4, -0.2) is 16.5 Å². The number of pyridine rings is 1. The molecule has 0 aromatic carbocycles. The SMILES string of the molecule is Oc1cc(OC(F)(F)F)c(CCl)nc1C(F)(F)F. The van der Waals surface area contributed by atoms with Gasteiger partial charge in [-0.1, -0.05) is 0 Å². The van der Waals surface area contributed by atoms with E-state index in [-0.39, 0.29) is 6.07 Å². The molecule has 3 nitrogen and oxygen atoms in total. The van der Waals surface area contributed by atoms with E-state index in [0.29, 0.717) is 0 Å². The molecule has 0 aliphatic heterocycles. The van der Waals surface area contributed by atoms with E-state index in [4.69, 9.17) is 16.7 Å². The molecule has 1 aromatic rings. The Morgan fingerprint density at radius 2 is 1.78 bits per heavy atom. The minimum absolute atomic E-state index is 0.168. The average molecular weight is 296 g/mol. The van der Waals surface area contributed by atoms with E-state index >= 15 is 0 Å². The molecule has 0 unspecified atom stereocenters. The fraction of sp³-hybridized carbons (Fsp3) is 0.375. The molecule has 0 amide bonds. The lowest BCUT2D eigenvalue weighted by Gasteiger charge is -2.14. The Hall–Kier alpha value is -1.38. The van der Waals surface area contributed by atoms with Crippen molar-refractivity contribution in [2.75, 3.05) is 0 Å². The number of nitrogens with zero attached hydrogens (tertiary/aromatic N) is 1. The summed E-state index contributed by atoms with van der Waals surface area (Å²) in [7, 11) is 0. The fourth-order valence-corrected chi connectivity index (χ4v) is 1.23. The highest BCUT2D eigenvalue weighted by molar-refractivity contribution is 6.17. The highest BCUT2D eigenvalue weighted by Gasteiger charge is 2.38. The molecule has 1 N–H and O–H groups in total. The van der Waals surface area contributed by atoms with Crippen molar-refractivity contribution in [2.24, 2.45) is 0 Å². The Bertz CT molecular complexity index is 444. The van der Waals surface area contributed by atoms with Gasteiger partial charge < -0.3 is 9.84 Å². The van der Waals surface area contributed by atoms with Crippen LogP contribution in [0.5, 0.6) is 11.5 Å². The molecule has 0 saturated carbocycles. The molecule has 18 heavy (non-hydrogen) atoms. The lowest BCUT2D eigenvalue weighted by atomic mass is 10.2. The van der Waals surface area contributed by atoms with E-state index in [9.17, 15) is 26.3 Å². The quantitative estimate of drug-likeness (QED) is 0.671. The van der Waals surface area contributed by atoms with Crippen LogP contribution < -0.4 is 4.74 Å². The number of alkyl halides is 7. The van der Waals surface area contributed by atoms with E-state index < -0.39 is 41.3 Å². The molecule has 102 valence electrons. The van der Waals surface area contributed by atoms with Gasteiger partial charge in [-0.05, 0) is 0 Å². The van der Waals surface area contributed by atoms with E-state index in [1.807, 2.05) is 0 Å². The highest BCUT2D eigenvalue weighted by atomic mass is 35.5. The number of ether oxygens (including phenoxy) is 1. The Morgan fingerprint density at radius 3 is 2.17 bits per heavy atom. The smallest absolute Gasteiger partial charge is 0.506 e. The largest absolute Gasteiger partial charge is 0.573 e. The predicted molar refractivity (Wildman–Crippen MR) is 47.1 cm³/mol. The third-order valence-corrected chi connectivity index (χ3v) is 1.92. The molecule has 0 aliphatic rings. The number of aromatic nitrogens is 1. The van der Waals surface area contributed by atoms with E-state index in [1.165, 1.54) is 0 Å². The van der Waals surface area contributed by atoms with Crippen molar-refractivity contribution in [3.8, 4) is 11.5 Å². The van der Waals surface area contributed by atoms with Crippen LogP contribution in [0.15, 0.2) is 6.07 Å². The number of rotatable bonds is 2. The zero-order valence-electron chi connectivity index (χ0n) is 8.23. The van der Waals surface area contributed by atoms with E-state index in [1.54, 1.807) is 0 Å². The van der Waals surface area contributed by atoms with Gasteiger partial charge in [0.15, 0.2) is 11.4 Å². The summed E-state index contributed by atoms with van der Waals surface area (Å²) in [4.78, 5) is 2.81. The van der Waals surface area contributed by atoms with Crippen molar-refractivity contribution >= 4 is 11.6 Å². The van der Waals surface area contributed by atoms with E-state index in [2.05, 4.69) is 9.72 Å². The summed E-state index contributed by atoms with van der Waals surface area (Å²) in [6.07, 6.45) is -10.1. The molecular formula is C8H4ClF6NO2. The summed E-state index contributed by atoms with van der Waals surface area (Å²) < 4.78 is 76.1. The molecule has 0 radical (unpaired) electrons. The second-order valence-corrected chi connectivity index (χ2v) is 3.25. The van der Waals surface area contributed by atoms with Crippen LogP contribution in [-0.2, 0) is 12.1 Å². The van der Waals surface area contributed by atoms with Gasteiger partial charge in [0, 0.05) is 6.07 Å². The summed E-state index contributed by atoms with van der Waals surface area (Å²) in [5.74, 6) is -3.30. The Morgan fingerprint density at radius 1 is 1.22 bits per heavy atom. The topological polar surface area (TPSA) is 42.4 Å². The molecular weight excluding hydrogens is 292 g/mol. The van der Waals surface area contributed by atoms with Gasteiger partial charge in [-0.2, -0.15) is 13.2 Å². The van der Waals surface area contributed by atoms with Crippen molar-refractivity contribution in [2.45, 2.75) is 18.4 Å². The highest BCUT2D eigenvalue weighted by Crippen LogP contribution is 2.38. The first-order valence-electron chi connectivity index (χ1n) is 4.16. The van der Waals surface area contributed by atoms with Crippen LogP contribution in [0.2, 0.25) is 0 Å². The molecule has 10 heteroatoms. The van der Waals surface area contributed by atoms with Gasteiger partial charge in [0.05, 0.1) is 11.6 Å². The number of aromatic hydroxyl groups is 1. The third-order valence-electron chi connectivity index (χ3n) is 1.66. The van der Waals surface area contributed by atoms with Gasteiger partial charge in [0.2, 0.25) is 0 Å². The normalized spacial score (nSPS) is 12.6. The first-order valence-corrected chi connectivity index (χ1v) is 4.70. The number of hydrogen-bond acceptors (Lipinski definition) is 3. The molecule has 1 aromatic heterocycles. The maximum Gasteiger partial charge on any atom is 0.573 e. The lowest BCUT2D eigenvalue weighted by Crippen LogP contribution is -2.19. The molecule has 1 rings (SSSR count). The average Bonchev–Trinajstić information content (AvgIpc) is 2.13. The van der Waals surface area contributed by atoms with Gasteiger partial charge in [-0.3, -0.25) is 0 Å². The van der Waals surface area contributed by atoms with Crippen molar-refractivity contribution in [1.82, 2.24) is 4.98 Å². The standard InChI is InChI=1S/C8H4ClF6NO2/c9-2-3-5(18-8(13,14)15)1-4(17)6(16-3)7(10,11)12/h1,17H,2H2. The second-order valence-electron chi connectivity index (χ2n) is 2.98. The zero-order valence-corrected chi connectivity index (χ0v) is 8.99. The Labute approximate surface area is 101 Å². The lowest BCUT2D eigenvalue weighted by molar-refractivity contribution is -0.275. The Balaban J connectivity index is 3.28. The maximum absolute atomic E-state index is 12.3. The fourth-order valence-electron chi connectivity index (χ4n) is 1.04. The van der Waals surface area contributed by atoms with Crippen LogP contribution in [0.25, 0.3) is 0 Å². The summed E-state index contributed by atoms with van der Waals surface area (Å²) in [6.45, 7) is 0. The minimum atomic E-state index is -5.13. The van der Waals surface area contributed by atoms with Gasteiger partial charge in [-0.25, -0.2) is 4.98 Å². The molecule has 1 heterocycles. The van der Waals surface area contributed by atoms with E-state index in [0.717, 1.165) is 0 Å². The van der Waals surface area contributed by atoms with Gasteiger partial charge in [-0.15, -0.1) is 24.8 Å². The molecule has 0 fully saturated rings. The predicted octanol–water partition coefficient (Wildman–Crippen LogP) is 3.44. The van der Waals surface area contributed by atoms with Gasteiger partial charge in [0.1, 0.15) is 5.75 Å². The molecule has 0 atom stereocenters. The first-order chi connectivity index (χ1) is 8.04. The number of halogens is 7. The van der Waals surface area contributed by atoms with Crippen molar-refractivity contribution in [3.63, 3.8) is 0 Å². The van der Waals surface area contributed by atoms with Crippen LogP contribution in [0.1, 0.15) is 11.4 Å². The summed E-state index contributed by atoms with van der Waals surface area (Å²) >= 11 is 5.18. The van der Waals surface area contributed by atoms with Gasteiger partial charge >= 0.3 is 12.5 Å². The zero-order chi connectivity index (χ0) is 14.1. The molecule has 0 bridgehead atoms. The molecule has 0 spiro atoms. The first kappa shape index (κ1) is 14.7. The minimum Gasteiger partial charge on any atom is -0.506 e. The van der Waals surface area contributed by atoms with Crippen LogP contribution in [0.4, 0.5) is 26.3 Å². The Kier molecular flexibility index (Phi) is 3.84. The summed E-state index contributed by atoms with van der Waals surface area (Å²) in [6, 6.07) is 0.168. The van der Waals surface area contributed by atoms with Crippen LogP contribution >= 0.6 is 11.6 Å². The maximum atomic E-state index is 12.3. The monoisotopic (exact) mass is 295 g/mol. The second kappa shape index (κ2) is 4.71. The van der Waals surface area contributed by atoms with Crippen molar-refractivity contribution in [3.05, 3.63) is 17.5 Å². The van der Waals surface area contributed by atoms with Crippen molar-refractivity contribution in [1.29, 1.82) is 0 Å². The molecule has 0 aliphatic carbocycles. The summed E-state index contributed by atoms with van der Waals surface area (Å²) in [5, 5.41) is 8.97. The van der Waals surface area contributed by atoms with Crippen molar-refractivity contribution < 1.29 is 36.2 Å². The van der Waals surface area contributed by atoms with Gasteiger partial charge in [0.25, 0.3) is 0 Å². The summed E-state index contributed by atoms with van der Waals surface area (Å²) in [5.41, 5.74) is -2.51. The third kappa shape index (κ3) is 3.56. The van der Waals surface area contributed by atoms with Crippen LogP contribution in [0.3, 0.4) is 0 Å². The molecule has 0 saturated heterocycles. The van der Waals surface area contributed by atoms with Crippen LogP contribution in [0, 0.1) is 0 Å². The number of hydrogen-bond donors (Lipinski definition) is 1.